The van der Waals surface area contributed by atoms with Gasteiger partial charge in [0.25, 0.3) is 0 Å². The van der Waals surface area contributed by atoms with Crippen molar-refractivity contribution >= 4 is 23.2 Å². The van der Waals surface area contributed by atoms with E-state index in [0.29, 0.717) is 12.5 Å². The third-order valence-corrected chi connectivity index (χ3v) is 5.15. The standard InChI is InChI=1S/C14H18N2O3S/c15-10(8-1-2-8)7-12(17)16-5-3-11-9(4-6-20-11)13(16)14(18)19/h4,6,8,10,13H,1-3,5,7,15H2,(H,18,19). The number of amides is 1. The van der Waals surface area contributed by atoms with Gasteiger partial charge in [0, 0.05) is 23.9 Å². The van der Waals surface area contributed by atoms with Gasteiger partial charge in [-0.2, -0.15) is 0 Å². The Labute approximate surface area is 121 Å². The van der Waals surface area contributed by atoms with Gasteiger partial charge in [-0.05, 0) is 42.2 Å². The first kappa shape index (κ1) is 13.6. The van der Waals surface area contributed by atoms with Crippen LogP contribution in [0.4, 0.5) is 0 Å². The molecule has 1 aromatic rings. The second-order valence-corrected chi connectivity index (χ2v) is 6.58. The number of nitrogens with zero attached hydrogens (tertiary/aromatic N) is 1. The number of thiophene rings is 1. The smallest absolute Gasteiger partial charge is 0.331 e. The second-order valence-electron chi connectivity index (χ2n) is 5.58. The van der Waals surface area contributed by atoms with Gasteiger partial charge in [-0.25, -0.2) is 4.79 Å². The van der Waals surface area contributed by atoms with Gasteiger partial charge in [-0.3, -0.25) is 4.79 Å². The fourth-order valence-corrected chi connectivity index (χ4v) is 3.77. The predicted molar refractivity (Wildman–Crippen MR) is 75.4 cm³/mol. The number of nitrogens with two attached hydrogens (primary N) is 1. The minimum atomic E-state index is -0.960. The molecule has 20 heavy (non-hydrogen) atoms. The van der Waals surface area contributed by atoms with Crippen LogP contribution in [0.15, 0.2) is 11.4 Å². The van der Waals surface area contributed by atoms with Crippen LogP contribution in [0.2, 0.25) is 0 Å². The van der Waals surface area contributed by atoms with Crippen molar-refractivity contribution in [1.29, 1.82) is 0 Å². The maximum atomic E-state index is 12.4. The molecule has 0 aromatic carbocycles. The lowest BCUT2D eigenvalue weighted by molar-refractivity contribution is -0.151. The minimum Gasteiger partial charge on any atom is -0.479 e. The molecular weight excluding hydrogens is 276 g/mol. The topological polar surface area (TPSA) is 83.6 Å². The average molecular weight is 294 g/mol. The molecule has 6 heteroatoms. The van der Waals surface area contributed by atoms with E-state index in [4.69, 9.17) is 5.73 Å². The number of aliphatic carboxylic acids is 1. The number of carboxylic acid groups (broad SMARTS) is 1. The highest BCUT2D eigenvalue weighted by atomic mass is 32.1. The first-order valence-corrected chi connectivity index (χ1v) is 7.80. The molecule has 0 saturated heterocycles. The summed E-state index contributed by atoms with van der Waals surface area (Å²) in [5.41, 5.74) is 6.76. The molecule has 1 saturated carbocycles. The van der Waals surface area contributed by atoms with Gasteiger partial charge in [0.05, 0.1) is 0 Å². The summed E-state index contributed by atoms with van der Waals surface area (Å²) in [5.74, 6) is -0.643. The zero-order valence-corrected chi connectivity index (χ0v) is 11.9. The summed E-state index contributed by atoms with van der Waals surface area (Å²) in [7, 11) is 0. The van der Waals surface area contributed by atoms with E-state index in [-0.39, 0.29) is 18.4 Å². The molecule has 108 valence electrons. The van der Waals surface area contributed by atoms with Crippen molar-refractivity contribution in [2.45, 2.75) is 37.8 Å². The predicted octanol–water partition coefficient (Wildman–Crippen LogP) is 1.39. The van der Waals surface area contributed by atoms with Crippen LogP contribution in [-0.2, 0) is 16.0 Å². The average Bonchev–Trinajstić information content (AvgIpc) is 3.15. The van der Waals surface area contributed by atoms with Crippen LogP contribution >= 0.6 is 11.3 Å². The highest BCUT2D eigenvalue weighted by molar-refractivity contribution is 7.10. The molecule has 1 aliphatic carbocycles. The fraction of sp³-hybridized carbons (Fsp3) is 0.571. The number of carbonyl (C=O) groups excluding carboxylic acids is 1. The Bertz CT molecular complexity index is 538. The highest BCUT2D eigenvalue weighted by Gasteiger charge is 2.38. The Balaban J connectivity index is 1.78. The van der Waals surface area contributed by atoms with Crippen molar-refractivity contribution in [3.05, 3.63) is 21.9 Å². The van der Waals surface area contributed by atoms with E-state index in [1.165, 1.54) is 4.90 Å². The van der Waals surface area contributed by atoms with Crippen LogP contribution in [0.5, 0.6) is 0 Å². The van der Waals surface area contributed by atoms with Crippen LogP contribution in [-0.4, -0.2) is 34.5 Å². The summed E-state index contributed by atoms with van der Waals surface area (Å²) in [6.07, 6.45) is 3.17. The van der Waals surface area contributed by atoms with Crippen molar-refractivity contribution in [2.24, 2.45) is 11.7 Å². The van der Waals surface area contributed by atoms with Crippen LogP contribution in [0.3, 0.4) is 0 Å². The molecular formula is C14H18N2O3S. The van der Waals surface area contributed by atoms with Gasteiger partial charge < -0.3 is 15.7 Å². The maximum absolute atomic E-state index is 12.4. The van der Waals surface area contributed by atoms with Gasteiger partial charge in [-0.1, -0.05) is 0 Å². The molecule has 3 rings (SSSR count). The van der Waals surface area contributed by atoms with E-state index in [0.717, 1.165) is 29.7 Å². The number of rotatable bonds is 4. The zero-order valence-electron chi connectivity index (χ0n) is 11.1. The maximum Gasteiger partial charge on any atom is 0.331 e. The van der Waals surface area contributed by atoms with Gasteiger partial charge in [0.2, 0.25) is 5.91 Å². The Hall–Kier alpha value is -1.40. The van der Waals surface area contributed by atoms with Crippen molar-refractivity contribution in [2.75, 3.05) is 6.54 Å². The summed E-state index contributed by atoms with van der Waals surface area (Å²) in [6, 6.07) is 0.851. The number of hydrogen-bond donors (Lipinski definition) is 2. The van der Waals surface area contributed by atoms with Crippen molar-refractivity contribution in [3.63, 3.8) is 0 Å². The molecule has 1 aromatic heterocycles. The lowest BCUT2D eigenvalue weighted by Gasteiger charge is -2.33. The Morgan fingerprint density at radius 1 is 1.50 bits per heavy atom. The summed E-state index contributed by atoms with van der Waals surface area (Å²) < 4.78 is 0. The summed E-state index contributed by atoms with van der Waals surface area (Å²) in [6.45, 7) is 0.473. The van der Waals surface area contributed by atoms with E-state index in [1.54, 1.807) is 11.3 Å². The number of fused-ring (bicyclic) bond motifs is 1. The molecule has 1 aliphatic heterocycles. The van der Waals surface area contributed by atoms with Gasteiger partial charge >= 0.3 is 5.97 Å². The minimum absolute atomic E-state index is 0.124. The first-order valence-electron chi connectivity index (χ1n) is 6.92. The Kier molecular flexibility index (Phi) is 3.52. The summed E-state index contributed by atoms with van der Waals surface area (Å²) >= 11 is 1.56. The van der Waals surface area contributed by atoms with E-state index in [9.17, 15) is 14.7 Å². The van der Waals surface area contributed by atoms with Crippen LogP contribution in [0.1, 0.15) is 35.7 Å². The summed E-state index contributed by atoms with van der Waals surface area (Å²) in [5, 5.41) is 11.4. The number of carboxylic acids is 1. The van der Waals surface area contributed by atoms with Gasteiger partial charge in [0.1, 0.15) is 0 Å². The third-order valence-electron chi connectivity index (χ3n) is 4.16. The first-order chi connectivity index (χ1) is 9.58. The van der Waals surface area contributed by atoms with E-state index in [1.807, 2.05) is 11.4 Å². The SMILES string of the molecule is NC(CC(=O)N1CCc2sccc2C1C(=O)O)C1CC1. The fourth-order valence-electron chi connectivity index (χ4n) is 2.86. The second kappa shape index (κ2) is 5.18. The van der Waals surface area contributed by atoms with Gasteiger partial charge in [0.15, 0.2) is 6.04 Å². The molecule has 0 radical (unpaired) electrons. The Morgan fingerprint density at radius 3 is 2.90 bits per heavy atom. The molecule has 5 nitrogen and oxygen atoms in total. The molecule has 0 spiro atoms. The molecule has 3 N–H and O–H groups in total. The van der Waals surface area contributed by atoms with Crippen molar-refractivity contribution in [1.82, 2.24) is 4.90 Å². The molecule has 1 amide bonds. The van der Waals surface area contributed by atoms with E-state index in [2.05, 4.69) is 0 Å². The van der Waals surface area contributed by atoms with Crippen LogP contribution in [0, 0.1) is 5.92 Å². The molecule has 0 bridgehead atoms. The molecule has 2 aliphatic rings. The lowest BCUT2D eigenvalue weighted by atomic mass is 9.98. The van der Waals surface area contributed by atoms with Crippen LogP contribution < -0.4 is 5.73 Å². The monoisotopic (exact) mass is 294 g/mol. The number of hydrogen-bond acceptors (Lipinski definition) is 4. The number of carbonyl (C=O) groups is 2. The van der Waals surface area contributed by atoms with Crippen molar-refractivity contribution in [3.8, 4) is 0 Å². The zero-order chi connectivity index (χ0) is 14.3. The molecule has 2 atom stereocenters. The van der Waals surface area contributed by atoms with E-state index >= 15 is 0 Å². The largest absolute Gasteiger partial charge is 0.479 e. The van der Waals surface area contributed by atoms with Gasteiger partial charge in [-0.15, -0.1) is 11.3 Å². The lowest BCUT2D eigenvalue weighted by Crippen LogP contribution is -2.45. The van der Waals surface area contributed by atoms with E-state index < -0.39 is 12.0 Å². The highest BCUT2D eigenvalue weighted by Crippen LogP contribution is 2.36. The third kappa shape index (κ3) is 2.45. The van der Waals surface area contributed by atoms with Crippen molar-refractivity contribution < 1.29 is 14.7 Å². The van der Waals surface area contributed by atoms with Crippen LogP contribution in [0.25, 0.3) is 0 Å². The molecule has 2 unspecified atom stereocenters. The normalized spacial score (nSPS) is 23.2. The quantitative estimate of drug-likeness (QED) is 0.879. The molecule has 1 fully saturated rings. The summed E-state index contributed by atoms with van der Waals surface area (Å²) in [4.78, 5) is 26.5. The Morgan fingerprint density at radius 2 is 2.25 bits per heavy atom. The molecule has 2 heterocycles.